The molecule has 1 aromatic rings. The first-order valence-electron chi connectivity index (χ1n) is 7.80. The lowest BCUT2D eigenvalue weighted by atomic mass is 10.1. The van der Waals surface area contributed by atoms with Gasteiger partial charge >= 0.3 is 0 Å². The minimum Gasteiger partial charge on any atom is -0.378 e. The molecule has 0 spiro atoms. The molecule has 0 bridgehead atoms. The van der Waals surface area contributed by atoms with Gasteiger partial charge in [-0.15, -0.1) is 11.3 Å². The highest BCUT2D eigenvalue weighted by atomic mass is 32.1. The summed E-state index contributed by atoms with van der Waals surface area (Å²) in [7, 11) is 2.23. The Labute approximate surface area is 127 Å². The van der Waals surface area contributed by atoms with Gasteiger partial charge in [0.25, 0.3) is 0 Å². The molecule has 4 heteroatoms. The van der Waals surface area contributed by atoms with Crippen molar-refractivity contribution in [1.29, 1.82) is 0 Å². The number of rotatable bonds is 8. The normalized spacial score (nSPS) is 18.6. The number of piperidine rings is 1. The number of hydrogen-bond donors (Lipinski definition) is 1. The van der Waals surface area contributed by atoms with E-state index in [1.807, 2.05) is 11.3 Å². The number of nitrogens with zero attached hydrogens (tertiary/aromatic N) is 1. The fourth-order valence-corrected chi connectivity index (χ4v) is 3.45. The molecular weight excluding hydrogens is 268 g/mol. The molecule has 1 aliphatic heterocycles. The number of ether oxygens (including phenoxy) is 1. The van der Waals surface area contributed by atoms with E-state index in [0.29, 0.717) is 12.1 Å². The van der Waals surface area contributed by atoms with E-state index in [-0.39, 0.29) is 0 Å². The summed E-state index contributed by atoms with van der Waals surface area (Å²) in [6, 6.07) is 4.97. The van der Waals surface area contributed by atoms with Gasteiger partial charge in [0.1, 0.15) is 0 Å². The van der Waals surface area contributed by atoms with Gasteiger partial charge in [0.2, 0.25) is 0 Å². The van der Waals surface area contributed by atoms with E-state index in [2.05, 4.69) is 41.7 Å². The lowest BCUT2D eigenvalue weighted by Gasteiger charge is -2.26. The molecular formula is C16H28N2OS. The predicted octanol–water partition coefficient (Wildman–Crippen LogP) is 2.77. The molecule has 0 saturated carbocycles. The Bertz CT molecular complexity index is 349. The molecule has 20 heavy (non-hydrogen) atoms. The summed E-state index contributed by atoms with van der Waals surface area (Å²) in [6.45, 7) is 6.57. The van der Waals surface area contributed by atoms with E-state index < -0.39 is 0 Å². The van der Waals surface area contributed by atoms with E-state index in [1.165, 1.54) is 17.7 Å². The van der Waals surface area contributed by atoms with E-state index >= 15 is 0 Å². The average Bonchev–Trinajstić information content (AvgIpc) is 2.97. The smallest absolute Gasteiger partial charge is 0.0599 e. The Kier molecular flexibility index (Phi) is 7.00. The number of nitrogens with one attached hydrogen (secondary N) is 1. The molecule has 1 aliphatic rings. The van der Waals surface area contributed by atoms with Crippen molar-refractivity contribution in [2.24, 2.45) is 0 Å². The number of hydrogen-bond acceptors (Lipinski definition) is 4. The molecule has 1 unspecified atom stereocenters. The molecule has 1 atom stereocenters. The maximum absolute atomic E-state index is 5.95. The van der Waals surface area contributed by atoms with Crippen LogP contribution in [0.1, 0.15) is 31.1 Å². The van der Waals surface area contributed by atoms with Crippen LogP contribution in [0.5, 0.6) is 0 Å². The summed E-state index contributed by atoms with van der Waals surface area (Å²) in [5.74, 6) is 0. The van der Waals surface area contributed by atoms with Crippen molar-refractivity contribution in [3.63, 3.8) is 0 Å². The Morgan fingerprint density at radius 2 is 2.25 bits per heavy atom. The van der Waals surface area contributed by atoms with Gasteiger partial charge in [-0.1, -0.05) is 6.07 Å². The van der Waals surface area contributed by atoms with E-state index in [9.17, 15) is 0 Å². The van der Waals surface area contributed by atoms with Crippen LogP contribution in [0.3, 0.4) is 0 Å². The van der Waals surface area contributed by atoms with Crippen LogP contribution >= 0.6 is 11.3 Å². The molecule has 2 heterocycles. The van der Waals surface area contributed by atoms with Gasteiger partial charge in [-0.05, 0) is 64.2 Å². The summed E-state index contributed by atoms with van der Waals surface area (Å²) < 4.78 is 5.95. The summed E-state index contributed by atoms with van der Waals surface area (Å²) in [4.78, 5) is 3.93. The van der Waals surface area contributed by atoms with Crippen LogP contribution in [-0.4, -0.2) is 50.3 Å². The number of thiophene rings is 1. The fraction of sp³-hybridized carbons (Fsp3) is 0.750. The molecule has 0 amide bonds. The van der Waals surface area contributed by atoms with Gasteiger partial charge in [0.15, 0.2) is 0 Å². The highest BCUT2D eigenvalue weighted by molar-refractivity contribution is 7.09. The molecule has 2 rings (SSSR count). The van der Waals surface area contributed by atoms with Crippen LogP contribution in [0.15, 0.2) is 17.5 Å². The standard InChI is InChI=1S/C16H28N2OS/c1-14(13-16-5-3-12-20-16)18(2)10-4-11-19-15-6-8-17-9-7-15/h3,5,12,14-15,17H,4,6-11,13H2,1-2H3. The summed E-state index contributed by atoms with van der Waals surface area (Å²) in [5.41, 5.74) is 0. The lowest BCUT2D eigenvalue weighted by Crippen LogP contribution is -2.34. The Morgan fingerprint density at radius 3 is 2.95 bits per heavy atom. The van der Waals surface area contributed by atoms with Gasteiger partial charge < -0.3 is 15.0 Å². The van der Waals surface area contributed by atoms with E-state index in [4.69, 9.17) is 4.74 Å². The van der Waals surface area contributed by atoms with Crippen molar-refractivity contribution < 1.29 is 4.74 Å². The Hall–Kier alpha value is -0.420. The van der Waals surface area contributed by atoms with Crippen LogP contribution in [-0.2, 0) is 11.2 Å². The van der Waals surface area contributed by atoms with Crippen LogP contribution in [0.4, 0.5) is 0 Å². The van der Waals surface area contributed by atoms with E-state index in [1.54, 1.807) is 0 Å². The highest BCUT2D eigenvalue weighted by Crippen LogP contribution is 2.14. The lowest BCUT2D eigenvalue weighted by molar-refractivity contribution is 0.0275. The van der Waals surface area contributed by atoms with Crippen molar-refractivity contribution in [1.82, 2.24) is 10.2 Å². The van der Waals surface area contributed by atoms with Crippen molar-refractivity contribution in [3.8, 4) is 0 Å². The zero-order valence-electron chi connectivity index (χ0n) is 12.8. The maximum atomic E-state index is 5.95. The van der Waals surface area contributed by atoms with E-state index in [0.717, 1.165) is 39.1 Å². The molecule has 1 saturated heterocycles. The van der Waals surface area contributed by atoms with Crippen LogP contribution in [0, 0.1) is 0 Å². The first-order valence-corrected chi connectivity index (χ1v) is 8.68. The quantitative estimate of drug-likeness (QED) is 0.747. The van der Waals surface area contributed by atoms with Crippen molar-refractivity contribution in [2.75, 3.05) is 33.3 Å². The monoisotopic (exact) mass is 296 g/mol. The third-order valence-corrected chi connectivity index (χ3v) is 5.02. The molecule has 1 N–H and O–H groups in total. The molecule has 1 fully saturated rings. The van der Waals surface area contributed by atoms with Gasteiger partial charge in [-0.3, -0.25) is 0 Å². The summed E-state index contributed by atoms with van der Waals surface area (Å²) in [5, 5.41) is 5.53. The fourth-order valence-electron chi connectivity index (χ4n) is 2.62. The van der Waals surface area contributed by atoms with Crippen LogP contribution < -0.4 is 5.32 Å². The minimum atomic E-state index is 0.491. The third-order valence-electron chi connectivity index (χ3n) is 4.12. The second-order valence-corrected chi connectivity index (χ2v) is 6.82. The average molecular weight is 296 g/mol. The van der Waals surface area contributed by atoms with Gasteiger partial charge in [0, 0.05) is 24.1 Å². The topological polar surface area (TPSA) is 24.5 Å². The van der Waals surface area contributed by atoms with Crippen molar-refractivity contribution >= 4 is 11.3 Å². The summed E-state index contributed by atoms with van der Waals surface area (Å²) >= 11 is 1.86. The third kappa shape index (κ3) is 5.52. The molecule has 0 aliphatic carbocycles. The maximum Gasteiger partial charge on any atom is 0.0599 e. The minimum absolute atomic E-state index is 0.491. The predicted molar refractivity (Wildman–Crippen MR) is 86.6 cm³/mol. The molecule has 0 aromatic carbocycles. The summed E-state index contributed by atoms with van der Waals surface area (Å²) in [6.07, 6.45) is 5.12. The zero-order chi connectivity index (χ0) is 14.2. The molecule has 0 radical (unpaired) electrons. The first-order chi connectivity index (χ1) is 9.75. The second kappa shape index (κ2) is 8.78. The molecule has 114 valence electrons. The van der Waals surface area contributed by atoms with Crippen LogP contribution in [0.25, 0.3) is 0 Å². The Morgan fingerprint density at radius 1 is 1.45 bits per heavy atom. The Balaban J connectivity index is 1.56. The second-order valence-electron chi connectivity index (χ2n) is 5.79. The van der Waals surface area contributed by atoms with Gasteiger partial charge in [-0.2, -0.15) is 0 Å². The van der Waals surface area contributed by atoms with Crippen molar-refractivity contribution in [3.05, 3.63) is 22.4 Å². The number of likely N-dealkylation sites (N-methyl/N-ethyl adjacent to an activating group) is 1. The largest absolute Gasteiger partial charge is 0.378 e. The molecule has 1 aromatic heterocycles. The van der Waals surface area contributed by atoms with Gasteiger partial charge in [-0.25, -0.2) is 0 Å². The van der Waals surface area contributed by atoms with Crippen molar-refractivity contribution in [2.45, 2.75) is 44.8 Å². The molecule has 3 nitrogen and oxygen atoms in total. The van der Waals surface area contributed by atoms with Crippen LogP contribution in [0.2, 0.25) is 0 Å². The SMILES string of the molecule is CC(Cc1cccs1)N(C)CCCOC1CCNCC1. The highest BCUT2D eigenvalue weighted by Gasteiger charge is 2.14. The zero-order valence-corrected chi connectivity index (χ0v) is 13.6. The van der Waals surface area contributed by atoms with Gasteiger partial charge in [0.05, 0.1) is 6.10 Å². The first kappa shape index (κ1) is 16.0.